The lowest BCUT2D eigenvalue weighted by atomic mass is 9.85. The smallest absolute Gasteiger partial charge is 0.407 e. The van der Waals surface area contributed by atoms with Gasteiger partial charge in [-0.3, -0.25) is 4.79 Å². The third-order valence-corrected chi connectivity index (χ3v) is 11.1. The van der Waals surface area contributed by atoms with Crippen molar-refractivity contribution in [2.24, 2.45) is 5.92 Å². The fraction of sp³-hybridized carbons (Fsp3) is 0.581. The maximum absolute atomic E-state index is 14.1. The van der Waals surface area contributed by atoms with E-state index in [-0.39, 0.29) is 35.7 Å². The zero-order chi connectivity index (χ0) is 30.4. The fourth-order valence-corrected chi connectivity index (χ4v) is 8.72. The topological polar surface area (TPSA) is 139 Å². The lowest BCUT2D eigenvalue weighted by Crippen LogP contribution is -2.57. The lowest BCUT2D eigenvalue weighted by molar-refractivity contribution is -0.124. The van der Waals surface area contributed by atoms with E-state index in [2.05, 4.69) is 20.9 Å². The van der Waals surface area contributed by atoms with Crippen LogP contribution >= 0.6 is 0 Å². The number of amides is 2. The van der Waals surface area contributed by atoms with Gasteiger partial charge in [0.1, 0.15) is 6.04 Å². The molecule has 3 heterocycles. The highest BCUT2D eigenvalue weighted by molar-refractivity contribution is 7.89. The minimum Gasteiger partial charge on any atom is -0.481 e. The van der Waals surface area contributed by atoms with Gasteiger partial charge < -0.3 is 25.4 Å². The van der Waals surface area contributed by atoms with Crippen LogP contribution in [0.25, 0.3) is 0 Å². The summed E-state index contributed by atoms with van der Waals surface area (Å²) in [5, 5.41) is 9.59. The van der Waals surface area contributed by atoms with Crippen LogP contribution in [-0.4, -0.2) is 86.9 Å². The second-order valence-electron chi connectivity index (χ2n) is 11.8. The molecule has 0 radical (unpaired) electrons. The van der Waals surface area contributed by atoms with Crippen LogP contribution in [0, 0.1) is 5.92 Å². The number of fused-ring (bicyclic) bond motifs is 2. The molecule has 7 atom stereocenters. The highest BCUT2D eigenvalue weighted by atomic mass is 32.2. The molecule has 43 heavy (non-hydrogen) atoms. The minimum absolute atomic E-state index is 0.0740. The average molecular weight is 614 g/mol. The van der Waals surface area contributed by atoms with E-state index in [4.69, 9.17) is 9.47 Å². The quantitative estimate of drug-likeness (QED) is 0.372. The van der Waals surface area contributed by atoms with Crippen LogP contribution < -0.4 is 20.7 Å². The fourth-order valence-electron chi connectivity index (χ4n) is 6.92. The first-order valence-corrected chi connectivity index (χ1v) is 16.8. The van der Waals surface area contributed by atoms with Gasteiger partial charge in [0.05, 0.1) is 20.0 Å². The molecule has 3 fully saturated rings. The largest absolute Gasteiger partial charge is 0.481 e. The van der Waals surface area contributed by atoms with Crippen LogP contribution in [0.5, 0.6) is 5.88 Å². The summed E-state index contributed by atoms with van der Waals surface area (Å²) in [5.74, 6) is 0.0400. The summed E-state index contributed by atoms with van der Waals surface area (Å²) < 4.78 is 37.8. The van der Waals surface area contributed by atoms with Gasteiger partial charge in [0.25, 0.3) is 0 Å². The molecule has 2 aromatic rings. The number of nitrogens with zero attached hydrogens (tertiary/aromatic N) is 2. The molecule has 1 aromatic carbocycles. The summed E-state index contributed by atoms with van der Waals surface area (Å²) in [6.07, 6.45) is 6.85. The summed E-state index contributed by atoms with van der Waals surface area (Å²) in [5.41, 5.74) is 1.59. The van der Waals surface area contributed by atoms with Crippen LogP contribution in [0.4, 0.5) is 4.79 Å². The van der Waals surface area contributed by atoms with E-state index in [0.29, 0.717) is 25.4 Å². The van der Waals surface area contributed by atoms with Gasteiger partial charge in [-0.2, -0.15) is 4.31 Å². The normalized spacial score (nSPS) is 27.7. The van der Waals surface area contributed by atoms with Crippen molar-refractivity contribution in [2.45, 2.75) is 75.0 Å². The van der Waals surface area contributed by atoms with Crippen LogP contribution in [0.3, 0.4) is 0 Å². The van der Waals surface area contributed by atoms with Crippen LogP contribution in [0.15, 0.2) is 48.7 Å². The number of alkyl carbamates (subject to hydrolysis) is 1. The Morgan fingerprint density at radius 2 is 1.86 bits per heavy atom. The Balaban J connectivity index is 1.33. The maximum Gasteiger partial charge on any atom is 0.407 e. The molecule has 3 N–H and O–H groups in total. The molecular weight excluding hydrogens is 570 g/mol. The molecule has 3 aliphatic rings. The molecule has 12 heteroatoms. The average Bonchev–Trinajstić information content (AvgIpc) is 3.42. The number of carbonyl (C=O) groups is 2. The summed E-state index contributed by atoms with van der Waals surface area (Å²) in [4.78, 5) is 30.9. The third-order valence-electron chi connectivity index (χ3n) is 9.18. The van der Waals surface area contributed by atoms with Crippen molar-refractivity contribution in [1.29, 1.82) is 0 Å². The number of sulfonamides is 1. The number of rotatable bonds is 10. The highest BCUT2D eigenvalue weighted by Crippen LogP contribution is 2.34. The van der Waals surface area contributed by atoms with Gasteiger partial charge in [0, 0.05) is 49.4 Å². The number of carbonyl (C=O) groups excluding carboxylic acids is 2. The molecule has 1 aromatic heterocycles. The molecular formula is C31H43N5O6S. The van der Waals surface area contributed by atoms with Gasteiger partial charge in [-0.1, -0.05) is 42.8 Å². The molecule has 0 spiro atoms. The van der Waals surface area contributed by atoms with E-state index in [9.17, 15) is 18.0 Å². The van der Waals surface area contributed by atoms with Gasteiger partial charge in [-0.05, 0) is 55.6 Å². The minimum atomic E-state index is -3.25. The first-order valence-electron chi connectivity index (χ1n) is 15.2. The van der Waals surface area contributed by atoms with Crippen molar-refractivity contribution in [2.75, 3.05) is 33.1 Å². The monoisotopic (exact) mass is 613 g/mol. The molecule has 2 aliphatic heterocycles. The standard InChI is InChI=1S/C31H43N5O6S/c1-41-27-16-14-23(18-33-27)28(22-8-4-3-5-9-22)29(35-31(38)42-2)30(37)34-26-12-6-10-21(26)13-15-25-19-32-24-11-7-17-43(39,40)36(25)20-24/h3-5,8-9,14,16,18,21,24-26,28-29,32H,6-7,10-13,15,17,19-20H2,1-2H3,(H,34,37)(H,35,38). The Bertz CT molecular complexity index is 1340. The molecule has 1 aliphatic carbocycles. The summed E-state index contributed by atoms with van der Waals surface area (Å²) in [6.45, 7) is 1.20. The number of pyridine rings is 1. The molecule has 234 valence electrons. The van der Waals surface area contributed by atoms with E-state index in [0.717, 1.165) is 49.7 Å². The van der Waals surface area contributed by atoms with Crippen LogP contribution in [-0.2, 0) is 19.6 Å². The number of hydrogen-bond acceptors (Lipinski definition) is 8. The molecule has 5 rings (SSSR count). The van der Waals surface area contributed by atoms with Crippen LogP contribution in [0.1, 0.15) is 62.0 Å². The second-order valence-corrected chi connectivity index (χ2v) is 13.8. The molecule has 2 amide bonds. The van der Waals surface area contributed by atoms with Crippen LogP contribution in [0.2, 0.25) is 0 Å². The summed E-state index contributed by atoms with van der Waals surface area (Å²) in [6, 6.07) is 12.2. The predicted octanol–water partition coefficient (Wildman–Crippen LogP) is 2.78. The number of hydrogen-bond donors (Lipinski definition) is 3. The first kappa shape index (κ1) is 31.2. The number of aromatic nitrogens is 1. The van der Waals surface area contributed by atoms with Crippen molar-refractivity contribution in [3.8, 4) is 5.88 Å². The first-order chi connectivity index (χ1) is 20.8. The molecule has 7 unspecified atom stereocenters. The lowest BCUT2D eigenvalue weighted by Gasteiger charge is -2.38. The summed E-state index contributed by atoms with van der Waals surface area (Å²) in [7, 11) is -0.438. The number of methoxy groups -OCH3 is 2. The molecule has 11 nitrogen and oxygen atoms in total. The van der Waals surface area contributed by atoms with Gasteiger partial charge in [-0.15, -0.1) is 0 Å². The van der Waals surface area contributed by atoms with E-state index in [1.807, 2.05) is 36.4 Å². The van der Waals surface area contributed by atoms with Gasteiger partial charge >= 0.3 is 6.09 Å². The zero-order valence-corrected chi connectivity index (χ0v) is 25.7. The van der Waals surface area contributed by atoms with Crippen molar-refractivity contribution in [1.82, 2.24) is 25.2 Å². The SMILES string of the molecule is COC(=O)NC(C(=O)NC1CCCC1CCC1CNC2CCCS(=O)(=O)N1C2)C(c1ccccc1)c1ccc(OC)nc1. The Morgan fingerprint density at radius 1 is 1.05 bits per heavy atom. The number of ether oxygens (including phenoxy) is 2. The molecule has 2 bridgehead atoms. The Morgan fingerprint density at radius 3 is 2.58 bits per heavy atom. The summed E-state index contributed by atoms with van der Waals surface area (Å²) >= 11 is 0. The number of benzene rings is 1. The Hall–Kier alpha value is -3.22. The van der Waals surface area contributed by atoms with Crippen molar-refractivity contribution >= 4 is 22.0 Å². The second kappa shape index (κ2) is 14.0. The van der Waals surface area contributed by atoms with E-state index in [1.165, 1.54) is 14.2 Å². The molecule has 2 saturated heterocycles. The van der Waals surface area contributed by atoms with E-state index >= 15 is 0 Å². The number of nitrogens with one attached hydrogen (secondary N) is 3. The van der Waals surface area contributed by atoms with E-state index < -0.39 is 28.1 Å². The van der Waals surface area contributed by atoms with E-state index in [1.54, 1.807) is 16.6 Å². The molecule has 1 saturated carbocycles. The van der Waals surface area contributed by atoms with Crippen molar-refractivity contribution < 1.29 is 27.5 Å². The van der Waals surface area contributed by atoms with Crippen molar-refractivity contribution in [3.05, 3.63) is 59.8 Å². The third kappa shape index (κ3) is 7.47. The van der Waals surface area contributed by atoms with Gasteiger partial charge in [0.15, 0.2) is 0 Å². The van der Waals surface area contributed by atoms with Gasteiger partial charge in [0.2, 0.25) is 21.8 Å². The van der Waals surface area contributed by atoms with Gasteiger partial charge in [-0.25, -0.2) is 18.2 Å². The number of piperazine rings is 1. The Labute approximate surface area is 254 Å². The van der Waals surface area contributed by atoms with Crippen molar-refractivity contribution in [3.63, 3.8) is 0 Å². The predicted molar refractivity (Wildman–Crippen MR) is 162 cm³/mol. The highest BCUT2D eigenvalue weighted by Gasteiger charge is 2.40. The zero-order valence-electron chi connectivity index (χ0n) is 24.9. The Kier molecular flexibility index (Phi) is 10.2. The maximum atomic E-state index is 14.1.